The summed E-state index contributed by atoms with van der Waals surface area (Å²) in [6, 6.07) is 17.8. The van der Waals surface area contributed by atoms with Crippen molar-refractivity contribution in [1.82, 2.24) is 5.32 Å². The third-order valence-corrected chi connectivity index (χ3v) is 4.96. The number of rotatable bonds is 7. The van der Waals surface area contributed by atoms with Gasteiger partial charge in [0.25, 0.3) is 0 Å². The van der Waals surface area contributed by atoms with Crippen LogP contribution in [-0.4, -0.2) is 26.3 Å². The summed E-state index contributed by atoms with van der Waals surface area (Å²) in [6.45, 7) is 1.94. The summed E-state index contributed by atoms with van der Waals surface area (Å²) in [6.07, 6.45) is -0.683. The van der Waals surface area contributed by atoms with E-state index in [2.05, 4.69) is 5.32 Å². The van der Waals surface area contributed by atoms with Gasteiger partial charge in [0.1, 0.15) is 6.61 Å². The maximum absolute atomic E-state index is 12.1. The number of halogens is 1. The first kappa shape index (κ1) is 19.3. The average Bonchev–Trinajstić information content (AvgIpc) is 2.59. The molecule has 0 heterocycles. The van der Waals surface area contributed by atoms with Gasteiger partial charge < -0.3 is 10.1 Å². The molecule has 2 atom stereocenters. The summed E-state index contributed by atoms with van der Waals surface area (Å²) in [7, 11) is 1.61. The van der Waals surface area contributed by atoms with Crippen LogP contribution in [0.3, 0.4) is 0 Å². The largest absolute Gasteiger partial charge is 0.445 e. The number of amides is 1. The number of hydrogen-bond donors (Lipinski definition) is 1. The zero-order valence-corrected chi connectivity index (χ0v) is 15.3. The van der Waals surface area contributed by atoms with Crippen LogP contribution in [0, 0.1) is 0 Å². The van der Waals surface area contributed by atoms with Gasteiger partial charge in [-0.2, -0.15) is 0 Å². The van der Waals surface area contributed by atoms with E-state index in [9.17, 15) is 13.2 Å². The lowest BCUT2D eigenvalue weighted by molar-refractivity contribution is 0.135. The van der Waals surface area contributed by atoms with Gasteiger partial charge in [-0.1, -0.05) is 67.6 Å². The molecular weight excluding hydrogens is 362 g/mol. The SMILES string of the molecule is CC(c1ccccc1)C(CS(=O)(=O)Cl)NC(=O)OCc1ccccc1. The van der Waals surface area contributed by atoms with Crippen molar-refractivity contribution in [3.63, 3.8) is 0 Å². The molecule has 2 unspecified atom stereocenters. The number of carbonyl (C=O) groups is 1. The molecule has 0 fully saturated rings. The molecule has 25 heavy (non-hydrogen) atoms. The molecule has 0 saturated carbocycles. The number of nitrogens with one attached hydrogen (secondary N) is 1. The first-order valence-corrected chi connectivity index (χ1v) is 10.3. The van der Waals surface area contributed by atoms with E-state index in [1.54, 1.807) is 0 Å². The Morgan fingerprint density at radius 2 is 1.64 bits per heavy atom. The Morgan fingerprint density at radius 3 is 2.20 bits per heavy atom. The maximum atomic E-state index is 12.1. The highest BCUT2D eigenvalue weighted by atomic mass is 35.7. The van der Waals surface area contributed by atoms with E-state index in [1.807, 2.05) is 67.6 Å². The molecule has 0 aliphatic rings. The van der Waals surface area contributed by atoms with Crippen LogP contribution < -0.4 is 5.32 Å². The van der Waals surface area contributed by atoms with Crippen molar-refractivity contribution >= 4 is 25.8 Å². The summed E-state index contributed by atoms with van der Waals surface area (Å²) in [5.41, 5.74) is 1.74. The number of hydrogen-bond acceptors (Lipinski definition) is 4. The Kier molecular flexibility index (Phi) is 6.84. The van der Waals surface area contributed by atoms with Crippen molar-refractivity contribution in [3.05, 3.63) is 71.8 Å². The minimum Gasteiger partial charge on any atom is -0.445 e. The van der Waals surface area contributed by atoms with Crippen molar-refractivity contribution in [1.29, 1.82) is 0 Å². The van der Waals surface area contributed by atoms with Crippen LogP contribution in [-0.2, 0) is 20.4 Å². The zero-order chi connectivity index (χ0) is 18.3. The molecule has 0 spiro atoms. The molecule has 2 aromatic carbocycles. The van der Waals surface area contributed by atoms with E-state index in [1.165, 1.54) is 0 Å². The maximum Gasteiger partial charge on any atom is 0.407 e. The second-order valence-electron chi connectivity index (χ2n) is 5.72. The van der Waals surface area contributed by atoms with Crippen LogP contribution >= 0.6 is 10.7 Å². The standard InChI is InChI=1S/C18H20ClNO4S/c1-14(16-10-6-3-7-11-16)17(13-25(19,22)23)20-18(21)24-12-15-8-4-2-5-9-15/h2-11,14,17H,12-13H2,1H3,(H,20,21). The van der Waals surface area contributed by atoms with E-state index in [0.29, 0.717) is 0 Å². The number of carbonyl (C=O) groups excluding carboxylic acids is 1. The molecule has 0 radical (unpaired) electrons. The Morgan fingerprint density at radius 1 is 1.08 bits per heavy atom. The second-order valence-corrected chi connectivity index (χ2v) is 8.54. The molecule has 0 saturated heterocycles. The Bertz CT molecular complexity index is 781. The quantitative estimate of drug-likeness (QED) is 0.743. The monoisotopic (exact) mass is 381 g/mol. The summed E-state index contributed by atoms with van der Waals surface area (Å²) in [4.78, 5) is 12.1. The van der Waals surface area contributed by atoms with Crippen LogP contribution in [0.1, 0.15) is 24.0 Å². The average molecular weight is 382 g/mol. The molecule has 7 heteroatoms. The van der Waals surface area contributed by atoms with Gasteiger partial charge in [0.15, 0.2) is 0 Å². The Labute approximate surface area is 152 Å². The number of benzene rings is 2. The smallest absolute Gasteiger partial charge is 0.407 e. The third-order valence-electron chi connectivity index (χ3n) is 3.82. The molecule has 0 bridgehead atoms. The van der Waals surface area contributed by atoms with Gasteiger partial charge in [0.05, 0.1) is 11.8 Å². The molecule has 1 N–H and O–H groups in total. The summed E-state index contributed by atoms with van der Waals surface area (Å²) >= 11 is 0. The van der Waals surface area contributed by atoms with Crippen molar-refractivity contribution in [2.45, 2.75) is 25.5 Å². The van der Waals surface area contributed by atoms with Gasteiger partial charge in [-0.05, 0) is 11.1 Å². The van der Waals surface area contributed by atoms with Gasteiger partial charge in [-0.3, -0.25) is 0 Å². The minimum atomic E-state index is -3.79. The van der Waals surface area contributed by atoms with Gasteiger partial charge >= 0.3 is 6.09 Å². The third kappa shape index (κ3) is 6.76. The van der Waals surface area contributed by atoms with Crippen molar-refractivity contribution < 1.29 is 17.9 Å². The molecular formula is C18H20ClNO4S. The fourth-order valence-electron chi connectivity index (χ4n) is 2.43. The lowest BCUT2D eigenvalue weighted by atomic mass is 9.94. The molecule has 2 rings (SSSR count). The molecule has 2 aromatic rings. The topological polar surface area (TPSA) is 72.5 Å². The first-order chi connectivity index (χ1) is 11.8. The van der Waals surface area contributed by atoms with Crippen molar-refractivity contribution in [2.75, 3.05) is 5.75 Å². The van der Waals surface area contributed by atoms with Gasteiger partial charge in [-0.25, -0.2) is 13.2 Å². The van der Waals surface area contributed by atoms with Gasteiger partial charge in [-0.15, -0.1) is 0 Å². The van der Waals surface area contributed by atoms with Crippen LogP contribution in [0.25, 0.3) is 0 Å². The van der Waals surface area contributed by atoms with Crippen molar-refractivity contribution in [3.8, 4) is 0 Å². The summed E-state index contributed by atoms with van der Waals surface area (Å²) < 4.78 is 28.2. The minimum absolute atomic E-state index is 0.104. The van der Waals surface area contributed by atoms with E-state index in [0.717, 1.165) is 11.1 Å². The Balaban J connectivity index is 2.03. The molecule has 0 aliphatic heterocycles. The lowest BCUT2D eigenvalue weighted by Crippen LogP contribution is -2.42. The van der Waals surface area contributed by atoms with Crippen LogP contribution in [0.15, 0.2) is 60.7 Å². The normalized spacial score (nSPS) is 13.7. The fraction of sp³-hybridized carbons (Fsp3) is 0.278. The second kappa shape index (κ2) is 8.87. The predicted octanol–water partition coefficient (Wildman–Crippen LogP) is 3.65. The van der Waals surface area contributed by atoms with E-state index in [-0.39, 0.29) is 18.3 Å². The van der Waals surface area contributed by atoms with Crippen molar-refractivity contribution in [2.24, 2.45) is 0 Å². The van der Waals surface area contributed by atoms with Gasteiger partial charge in [0.2, 0.25) is 9.05 Å². The zero-order valence-electron chi connectivity index (χ0n) is 13.8. The van der Waals surface area contributed by atoms with E-state index >= 15 is 0 Å². The predicted molar refractivity (Wildman–Crippen MR) is 98.0 cm³/mol. The summed E-state index contributed by atoms with van der Waals surface area (Å²) in [5, 5.41) is 2.62. The Hall–Kier alpha value is -2.05. The van der Waals surface area contributed by atoms with Crippen LogP contribution in [0.2, 0.25) is 0 Å². The van der Waals surface area contributed by atoms with Crippen LogP contribution in [0.5, 0.6) is 0 Å². The molecule has 5 nitrogen and oxygen atoms in total. The molecule has 0 aliphatic carbocycles. The number of ether oxygens (including phenoxy) is 1. The molecule has 1 amide bonds. The fourth-order valence-corrected chi connectivity index (χ4v) is 3.64. The summed E-state index contributed by atoms with van der Waals surface area (Å²) in [5.74, 6) is -0.635. The van der Waals surface area contributed by atoms with Crippen LogP contribution in [0.4, 0.5) is 4.79 Å². The highest BCUT2D eigenvalue weighted by molar-refractivity contribution is 8.13. The van der Waals surface area contributed by atoms with E-state index < -0.39 is 21.2 Å². The van der Waals surface area contributed by atoms with Gasteiger partial charge in [0, 0.05) is 16.6 Å². The van der Waals surface area contributed by atoms with E-state index in [4.69, 9.17) is 15.4 Å². The number of alkyl carbamates (subject to hydrolysis) is 1. The highest BCUT2D eigenvalue weighted by Gasteiger charge is 2.26. The molecule has 134 valence electrons. The lowest BCUT2D eigenvalue weighted by Gasteiger charge is -2.24. The highest BCUT2D eigenvalue weighted by Crippen LogP contribution is 2.21. The first-order valence-electron chi connectivity index (χ1n) is 7.79. The molecule has 0 aromatic heterocycles.